The summed E-state index contributed by atoms with van der Waals surface area (Å²) in [6, 6.07) is 18.8. The van der Waals surface area contributed by atoms with Gasteiger partial charge >= 0.3 is 5.97 Å². The molecular formula is C25H18ClI2N3O4S. The monoisotopic (exact) mass is 745 g/mol. The number of carboxylic acids is 1. The van der Waals surface area contributed by atoms with Gasteiger partial charge in [-0.2, -0.15) is 0 Å². The van der Waals surface area contributed by atoms with E-state index >= 15 is 0 Å². The van der Waals surface area contributed by atoms with Crippen LogP contribution in [-0.4, -0.2) is 33.4 Å². The Bertz CT molecular complexity index is 1410. The number of benzene rings is 3. The minimum atomic E-state index is -1.08. The number of nitrogens with zero attached hydrogens (tertiary/aromatic N) is 2. The maximum absolute atomic E-state index is 12.0. The summed E-state index contributed by atoms with van der Waals surface area (Å²) < 4.78 is 13.2. The Balaban J connectivity index is 1.55. The maximum Gasteiger partial charge on any atom is 0.342 e. The van der Waals surface area contributed by atoms with Crippen LogP contribution in [0, 0.1) is 7.14 Å². The number of halogens is 3. The number of aromatic nitrogens is 3. The lowest BCUT2D eigenvalue weighted by atomic mass is 10.2. The fourth-order valence-electron chi connectivity index (χ4n) is 3.19. The van der Waals surface area contributed by atoms with E-state index in [1.165, 1.54) is 0 Å². The van der Waals surface area contributed by atoms with E-state index < -0.39 is 5.97 Å². The number of rotatable bonds is 9. The number of aliphatic carboxylic acids is 1. The molecule has 7 nitrogen and oxygen atoms in total. The molecule has 1 aromatic heterocycles. The SMILES string of the molecule is COc1ccc(Cl)cc1-c1nc(S/C(=C\c2cc(I)c(OCc3ccccc3)c(I)c2)C(=O)O)n[nH]1. The first-order valence-electron chi connectivity index (χ1n) is 10.4. The second kappa shape index (κ2) is 12.3. The molecule has 0 amide bonds. The van der Waals surface area contributed by atoms with Crippen molar-refractivity contribution in [2.45, 2.75) is 11.8 Å². The molecule has 0 aliphatic rings. The summed E-state index contributed by atoms with van der Waals surface area (Å²) in [7, 11) is 1.55. The highest BCUT2D eigenvalue weighted by Gasteiger charge is 2.17. The van der Waals surface area contributed by atoms with Gasteiger partial charge in [0.05, 0.1) is 19.8 Å². The Kier molecular flexibility index (Phi) is 9.14. The Labute approximate surface area is 243 Å². The third-order valence-electron chi connectivity index (χ3n) is 4.84. The molecule has 0 atom stereocenters. The Morgan fingerprint density at radius 2 is 1.86 bits per heavy atom. The van der Waals surface area contributed by atoms with Crippen LogP contribution in [0.2, 0.25) is 5.02 Å². The van der Waals surface area contributed by atoms with Crippen LogP contribution in [0.5, 0.6) is 11.5 Å². The Hall–Kier alpha value is -2.29. The number of ether oxygens (including phenoxy) is 2. The molecule has 0 aliphatic carbocycles. The third kappa shape index (κ3) is 6.72. The molecule has 0 saturated heterocycles. The first kappa shape index (κ1) is 26.8. The zero-order valence-electron chi connectivity index (χ0n) is 18.7. The van der Waals surface area contributed by atoms with E-state index in [0.29, 0.717) is 28.8 Å². The second-order valence-electron chi connectivity index (χ2n) is 7.31. The number of hydrogen-bond acceptors (Lipinski definition) is 6. The number of aromatic amines is 1. The van der Waals surface area contributed by atoms with Gasteiger partial charge in [-0.3, -0.25) is 5.10 Å². The van der Waals surface area contributed by atoms with Crippen molar-refractivity contribution in [2.24, 2.45) is 0 Å². The van der Waals surface area contributed by atoms with E-state index in [9.17, 15) is 9.90 Å². The van der Waals surface area contributed by atoms with Gasteiger partial charge < -0.3 is 14.6 Å². The minimum absolute atomic E-state index is 0.0724. The second-order valence-corrected chi connectivity index (χ2v) is 11.1. The summed E-state index contributed by atoms with van der Waals surface area (Å²) in [5.74, 6) is 0.669. The first-order valence-corrected chi connectivity index (χ1v) is 13.7. The van der Waals surface area contributed by atoms with Gasteiger partial charge in [0.15, 0.2) is 5.82 Å². The van der Waals surface area contributed by atoms with Crippen molar-refractivity contribution in [2.75, 3.05) is 7.11 Å². The first-order chi connectivity index (χ1) is 17.3. The Morgan fingerprint density at radius 3 is 2.53 bits per heavy atom. The molecule has 0 aliphatic heterocycles. The van der Waals surface area contributed by atoms with E-state index in [2.05, 4.69) is 60.4 Å². The van der Waals surface area contributed by atoms with Crippen LogP contribution in [-0.2, 0) is 11.4 Å². The van der Waals surface area contributed by atoms with E-state index in [1.807, 2.05) is 42.5 Å². The summed E-state index contributed by atoms with van der Waals surface area (Å²) in [5.41, 5.74) is 2.42. The maximum atomic E-state index is 12.0. The molecule has 2 N–H and O–H groups in total. The minimum Gasteiger partial charge on any atom is -0.496 e. The van der Waals surface area contributed by atoms with Gasteiger partial charge in [0.2, 0.25) is 5.16 Å². The topological polar surface area (TPSA) is 97.3 Å². The predicted octanol–water partition coefficient (Wildman–Crippen LogP) is 7.14. The van der Waals surface area contributed by atoms with Crippen molar-refractivity contribution in [3.05, 3.63) is 88.9 Å². The van der Waals surface area contributed by atoms with Gasteiger partial charge in [0.25, 0.3) is 0 Å². The van der Waals surface area contributed by atoms with Gasteiger partial charge in [0.1, 0.15) is 23.0 Å². The summed E-state index contributed by atoms with van der Waals surface area (Å²) >= 11 is 11.5. The van der Waals surface area contributed by atoms with Crippen molar-refractivity contribution < 1.29 is 19.4 Å². The summed E-state index contributed by atoms with van der Waals surface area (Å²) in [5, 5.41) is 17.6. The molecule has 184 valence electrons. The molecule has 0 bridgehead atoms. The van der Waals surface area contributed by atoms with Crippen LogP contribution in [0.4, 0.5) is 0 Å². The van der Waals surface area contributed by atoms with Crippen LogP contribution in [0.15, 0.2) is 70.7 Å². The van der Waals surface area contributed by atoms with E-state index in [4.69, 9.17) is 21.1 Å². The van der Waals surface area contributed by atoms with Crippen LogP contribution < -0.4 is 9.47 Å². The smallest absolute Gasteiger partial charge is 0.342 e. The van der Waals surface area contributed by atoms with Gasteiger partial charge in [0, 0.05) is 5.02 Å². The third-order valence-corrected chi connectivity index (χ3v) is 7.55. The lowest BCUT2D eigenvalue weighted by Crippen LogP contribution is -2.00. The molecule has 36 heavy (non-hydrogen) atoms. The van der Waals surface area contributed by atoms with E-state index in [-0.39, 0.29) is 10.1 Å². The highest BCUT2D eigenvalue weighted by atomic mass is 127. The molecule has 0 fully saturated rings. The lowest BCUT2D eigenvalue weighted by molar-refractivity contribution is -0.131. The molecule has 0 spiro atoms. The standard InChI is InChI=1S/C25H18ClI2N3O4S/c1-34-20-8-7-16(26)12-17(20)23-29-25(31-30-23)36-21(24(32)33)11-15-9-18(27)22(19(28)10-15)35-13-14-5-3-2-4-6-14/h2-12H,13H2,1H3,(H,32,33)(H,29,30,31)/b21-11-. The van der Waals surface area contributed by atoms with Crippen LogP contribution in [0.25, 0.3) is 17.5 Å². The molecule has 3 aromatic carbocycles. The quantitative estimate of drug-likeness (QED) is 0.107. The van der Waals surface area contributed by atoms with Crippen molar-refractivity contribution in [1.82, 2.24) is 15.2 Å². The van der Waals surface area contributed by atoms with Crippen molar-refractivity contribution in [3.8, 4) is 22.9 Å². The van der Waals surface area contributed by atoms with Crippen LogP contribution >= 0.6 is 68.5 Å². The largest absolute Gasteiger partial charge is 0.496 e. The molecule has 1 heterocycles. The van der Waals surface area contributed by atoms with E-state index in [0.717, 1.165) is 35.8 Å². The van der Waals surface area contributed by atoms with Crippen molar-refractivity contribution >= 4 is 80.6 Å². The van der Waals surface area contributed by atoms with Gasteiger partial charge in [-0.1, -0.05) is 41.9 Å². The molecule has 4 aromatic rings. The van der Waals surface area contributed by atoms with Gasteiger partial charge in [-0.15, -0.1) is 5.10 Å². The molecule has 0 radical (unpaired) electrons. The van der Waals surface area contributed by atoms with Gasteiger partial charge in [-0.25, -0.2) is 9.78 Å². The zero-order chi connectivity index (χ0) is 25.7. The number of carboxylic acid groups (broad SMARTS) is 1. The number of hydrogen-bond donors (Lipinski definition) is 2. The number of methoxy groups -OCH3 is 1. The number of thioether (sulfide) groups is 1. The Morgan fingerprint density at radius 1 is 1.14 bits per heavy atom. The zero-order valence-corrected chi connectivity index (χ0v) is 24.6. The molecular weight excluding hydrogens is 728 g/mol. The molecule has 4 rings (SSSR count). The van der Waals surface area contributed by atoms with Crippen LogP contribution in [0.3, 0.4) is 0 Å². The van der Waals surface area contributed by atoms with Crippen LogP contribution in [0.1, 0.15) is 11.1 Å². The highest BCUT2D eigenvalue weighted by Crippen LogP contribution is 2.34. The fourth-order valence-corrected chi connectivity index (χ4v) is 6.20. The number of H-pyrrole nitrogens is 1. The highest BCUT2D eigenvalue weighted by molar-refractivity contribution is 14.1. The molecule has 0 saturated carbocycles. The average molecular weight is 746 g/mol. The fraction of sp³-hybridized carbons (Fsp3) is 0.0800. The predicted molar refractivity (Wildman–Crippen MR) is 158 cm³/mol. The van der Waals surface area contributed by atoms with Gasteiger partial charge in [-0.05, 0) is 104 Å². The number of nitrogens with one attached hydrogen (secondary N) is 1. The average Bonchev–Trinajstić information content (AvgIpc) is 3.32. The number of carbonyl (C=O) groups is 1. The summed E-state index contributed by atoms with van der Waals surface area (Å²) in [6.07, 6.45) is 1.59. The normalized spacial score (nSPS) is 11.4. The van der Waals surface area contributed by atoms with Crippen molar-refractivity contribution in [1.29, 1.82) is 0 Å². The molecule has 11 heteroatoms. The summed E-state index contributed by atoms with van der Waals surface area (Å²) in [6.45, 7) is 0.447. The van der Waals surface area contributed by atoms with E-state index in [1.54, 1.807) is 31.4 Å². The lowest BCUT2D eigenvalue weighted by Gasteiger charge is -2.12. The molecule has 0 unspecified atom stereocenters. The van der Waals surface area contributed by atoms with Crippen molar-refractivity contribution in [3.63, 3.8) is 0 Å². The summed E-state index contributed by atoms with van der Waals surface area (Å²) in [4.78, 5) is 16.5.